The lowest BCUT2D eigenvalue weighted by Gasteiger charge is -1.90. The summed E-state index contributed by atoms with van der Waals surface area (Å²) in [5.41, 5.74) is 2.28. The Labute approximate surface area is 97.9 Å². The fraction of sp³-hybridized carbons (Fsp3) is 0.0769. The van der Waals surface area contributed by atoms with E-state index in [-0.39, 0.29) is 0 Å². The number of rotatable bonds is 0. The summed E-state index contributed by atoms with van der Waals surface area (Å²) >= 11 is 2.29. The van der Waals surface area contributed by atoms with Gasteiger partial charge in [0.05, 0.1) is 0 Å². The lowest BCUT2D eigenvalue weighted by molar-refractivity contribution is 1.36. The number of hydrogen-bond donors (Lipinski definition) is 0. The van der Waals surface area contributed by atoms with Crippen LogP contribution < -0.4 is 0 Å². The molecule has 0 unspecified atom stereocenters. The second kappa shape index (κ2) is 4.47. The van der Waals surface area contributed by atoms with Gasteiger partial charge in [0.2, 0.25) is 0 Å². The van der Waals surface area contributed by atoms with Crippen LogP contribution in [0.4, 0.5) is 0 Å². The van der Waals surface area contributed by atoms with Crippen molar-refractivity contribution < 1.29 is 0 Å². The lowest BCUT2D eigenvalue weighted by atomic mass is 10.2. The van der Waals surface area contributed by atoms with E-state index >= 15 is 0 Å². The molecule has 0 heterocycles. The third kappa shape index (κ3) is 2.49. The predicted molar refractivity (Wildman–Crippen MR) is 67.9 cm³/mol. The van der Waals surface area contributed by atoms with E-state index in [1.807, 2.05) is 0 Å². The van der Waals surface area contributed by atoms with Crippen LogP contribution in [0.3, 0.4) is 0 Å². The van der Waals surface area contributed by atoms with Gasteiger partial charge in [0.1, 0.15) is 0 Å². The van der Waals surface area contributed by atoms with Crippen LogP contribution in [0.5, 0.6) is 0 Å². The van der Waals surface area contributed by atoms with Gasteiger partial charge in [0, 0.05) is 14.7 Å². The Balaban J connectivity index is 2.14. The Hall–Kier alpha value is -1.01. The molecule has 1 aromatic rings. The molecule has 0 bridgehead atoms. The third-order valence-electron chi connectivity index (χ3n) is 1.98. The van der Waals surface area contributed by atoms with Gasteiger partial charge in [-0.05, 0) is 53.3 Å². The summed E-state index contributed by atoms with van der Waals surface area (Å²) in [5, 5.41) is 0. The second-order valence-corrected chi connectivity index (χ2v) is 4.33. The van der Waals surface area contributed by atoms with Gasteiger partial charge in [-0.2, -0.15) is 0 Å². The van der Waals surface area contributed by atoms with Crippen molar-refractivity contribution in [1.29, 1.82) is 0 Å². The molecule has 1 heteroatoms. The molecule has 0 atom stereocenters. The molecule has 0 spiro atoms. The van der Waals surface area contributed by atoms with Gasteiger partial charge in [-0.15, -0.1) is 0 Å². The molecule has 0 aromatic heterocycles. The molecule has 1 aliphatic carbocycles. The van der Waals surface area contributed by atoms with Gasteiger partial charge in [-0.1, -0.05) is 30.1 Å². The van der Waals surface area contributed by atoms with E-state index in [9.17, 15) is 0 Å². The smallest absolute Gasteiger partial charge is 0.0249 e. The molecule has 0 saturated carbocycles. The van der Waals surface area contributed by atoms with E-state index in [1.165, 1.54) is 9.14 Å². The standard InChI is InChI=1S/C13H9I/c14-13-9-7-12(8-10-13)6-5-11-3-1-2-4-11/h1-3,7-10H,4H2. The van der Waals surface area contributed by atoms with Crippen LogP contribution in [0.2, 0.25) is 0 Å². The molecule has 2 rings (SSSR count). The molecule has 0 nitrogen and oxygen atoms in total. The zero-order valence-corrected chi connectivity index (χ0v) is 9.78. The Morgan fingerprint density at radius 3 is 2.50 bits per heavy atom. The van der Waals surface area contributed by atoms with E-state index in [1.54, 1.807) is 0 Å². The average Bonchev–Trinajstić information content (AvgIpc) is 2.70. The van der Waals surface area contributed by atoms with Crippen molar-refractivity contribution in [3.05, 3.63) is 57.2 Å². The maximum atomic E-state index is 3.16. The van der Waals surface area contributed by atoms with Crippen molar-refractivity contribution in [2.24, 2.45) is 0 Å². The van der Waals surface area contributed by atoms with Crippen LogP contribution in [0.1, 0.15) is 12.0 Å². The van der Waals surface area contributed by atoms with Gasteiger partial charge in [-0.25, -0.2) is 0 Å². The Kier molecular flexibility index (Phi) is 3.05. The summed E-state index contributed by atoms with van der Waals surface area (Å²) in [6, 6.07) is 8.26. The number of halogens is 1. The van der Waals surface area contributed by atoms with Crippen LogP contribution in [0, 0.1) is 15.4 Å². The molecule has 1 aliphatic rings. The quantitative estimate of drug-likeness (QED) is 0.507. The SMILES string of the molecule is Ic1ccc(C#CC2=CC=CC2)cc1. The summed E-state index contributed by atoms with van der Waals surface area (Å²) in [6.07, 6.45) is 7.23. The molecule has 0 amide bonds. The van der Waals surface area contributed by atoms with E-state index in [0.29, 0.717) is 0 Å². The lowest BCUT2D eigenvalue weighted by Crippen LogP contribution is -1.76. The number of allylic oxidation sites excluding steroid dienone is 4. The molecular weight excluding hydrogens is 283 g/mol. The summed E-state index contributed by atoms with van der Waals surface area (Å²) in [5.74, 6) is 6.32. The van der Waals surface area contributed by atoms with E-state index in [0.717, 1.165) is 12.0 Å². The molecule has 0 saturated heterocycles. The fourth-order valence-corrected chi connectivity index (χ4v) is 1.59. The second-order valence-electron chi connectivity index (χ2n) is 3.08. The normalized spacial score (nSPS) is 13.4. The van der Waals surface area contributed by atoms with Crippen LogP contribution in [-0.2, 0) is 0 Å². The first-order chi connectivity index (χ1) is 6.84. The molecule has 0 N–H and O–H groups in total. The highest BCUT2D eigenvalue weighted by Crippen LogP contribution is 2.09. The largest absolute Gasteiger partial charge is 0.0794 e. The summed E-state index contributed by atoms with van der Waals surface area (Å²) in [4.78, 5) is 0. The summed E-state index contributed by atoms with van der Waals surface area (Å²) in [7, 11) is 0. The minimum absolute atomic E-state index is 0.984. The van der Waals surface area contributed by atoms with Crippen molar-refractivity contribution in [3.8, 4) is 11.8 Å². The first-order valence-corrected chi connectivity index (χ1v) is 5.56. The molecular formula is C13H9I. The zero-order chi connectivity index (χ0) is 9.80. The summed E-state index contributed by atoms with van der Waals surface area (Å²) in [6.45, 7) is 0. The molecule has 0 radical (unpaired) electrons. The minimum atomic E-state index is 0.984. The van der Waals surface area contributed by atoms with Crippen LogP contribution >= 0.6 is 22.6 Å². The van der Waals surface area contributed by atoms with Crippen molar-refractivity contribution in [2.45, 2.75) is 6.42 Å². The summed E-state index contributed by atoms with van der Waals surface area (Å²) < 4.78 is 1.25. The van der Waals surface area contributed by atoms with Gasteiger partial charge in [0.25, 0.3) is 0 Å². The maximum absolute atomic E-state index is 3.16. The first kappa shape index (κ1) is 9.54. The highest BCUT2D eigenvalue weighted by Gasteiger charge is 1.93. The van der Waals surface area contributed by atoms with Gasteiger partial charge >= 0.3 is 0 Å². The van der Waals surface area contributed by atoms with E-state index in [2.05, 4.69) is 76.9 Å². The maximum Gasteiger partial charge on any atom is 0.0249 e. The molecule has 1 aromatic carbocycles. The average molecular weight is 292 g/mol. The Morgan fingerprint density at radius 1 is 1.07 bits per heavy atom. The predicted octanol–water partition coefficient (Wildman–Crippen LogP) is 3.53. The van der Waals surface area contributed by atoms with Crippen molar-refractivity contribution in [1.82, 2.24) is 0 Å². The Bertz CT molecular complexity index is 438. The van der Waals surface area contributed by atoms with Crippen molar-refractivity contribution >= 4 is 22.6 Å². The third-order valence-corrected chi connectivity index (χ3v) is 2.70. The number of hydrogen-bond acceptors (Lipinski definition) is 0. The topological polar surface area (TPSA) is 0 Å². The minimum Gasteiger partial charge on any atom is -0.0794 e. The van der Waals surface area contributed by atoms with Crippen molar-refractivity contribution in [2.75, 3.05) is 0 Å². The highest BCUT2D eigenvalue weighted by molar-refractivity contribution is 14.1. The van der Waals surface area contributed by atoms with E-state index in [4.69, 9.17) is 0 Å². The number of benzene rings is 1. The zero-order valence-electron chi connectivity index (χ0n) is 7.63. The van der Waals surface area contributed by atoms with Crippen LogP contribution in [0.15, 0.2) is 48.1 Å². The monoisotopic (exact) mass is 292 g/mol. The van der Waals surface area contributed by atoms with Crippen molar-refractivity contribution in [3.63, 3.8) is 0 Å². The van der Waals surface area contributed by atoms with E-state index < -0.39 is 0 Å². The van der Waals surface area contributed by atoms with Gasteiger partial charge in [-0.3, -0.25) is 0 Å². The fourth-order valence-electron chi connectivity index (χ4n) is 1.23. The van der Waals surface area contributed by atoms with Crippen LogP contribution in [-0.4, -0.2) is 0 Å². The molecule has 0 fully saturated rings. The van der Waals surface area contributed by atoms with Gasteiger partial charge in [0.15, 0.2) is 0 Å². The molecule has 14 heavy (non-hydrogen) atoms. The first-order valence-electron chi connectivity index (χ1n) is 4.48. The highest BCUT2D eigenvalue weighted by atomic mass is 127. The van der Waals surface area contributed by atoms with Gasteiger partial charge < -0.3 is 0 Å². The molecule has 68 valence electrons. The van der Waals surface area contributed by atoms with Crippen LogP contribution in [0.25, 0.3) is 0 Å². The molecule has 0 aliphatic heterocycles. The Morgan fingerprint density at radius 2 is 1.86 bits per heavy atom.